The van der Waals surface area contributed by atoms with Gasteiger partial charge in [-0.2, -0.15) is 0 Å². The summed E-state index contributed by atoms with van der Waals surface area (Å²) in [5.74, 6) is 0.588. The van der Waals surface area contributed by atoms with Gasteiger partial charge in [-0.05, 0) is 74.0 Å². The molecule has 0 unspecified atom stereocenters. The average molecular weight is 339 g/mol. The van der Waals surface area contributed by atoms with Gasteiger partial charge in [0.15, 0.2) is 0 Å². The number of hydrogen-bond donors (Lipinski definition) is 3. The molecule has 0 aromatic heterocycles. The summed E-state index contributed by atoms with van der Waals surface area (Å²) in [5.41, 5.74) is 4.04. The number of hydrogen-bond acceptors (Lipinski definition) is 3. The van der Waals surface area contributed by atoms with Crippen LogP contribution in [0.2, 0.25) is 0 Å². The van der Waals surface area contributed by atoms with Crippen molar-refractivity contribution in [2.24, 2.45) is 0 Å². The Morgan fingerprint density at radius 1 is 1.12 bits per heavy atom. The normalized spacial score (nSPS) is 36.2. The zero-order chi connectivity index (χ0) is 17.0. The zero-order valence-corrected chi connectivity index (χ0v) is 14.4. The van der Waals surface area contributed by atoms with Crippen molar-refractivity contribution in [2.45, 2.75) is 74.9 Å². The molecule has 1 saturated heterocycles. The molecule has 5 heteroatoms. The van der Waals surface area contributed by atoms with E-state index in [1.165, 1.54) is 31.2 Å². The van der Waals surface area contributed by atoms with Crippen LogP contribution in [0, 0.1) is 0 Å². The summed E-state index contributed by atoms with van der Waals surface area (Å²) >= 11 is 0. The van der Waals surface area contributed by atoms with E-state index in [4.69, 9.17) is 0 Å². The summed E-state index contributed by atoms with van der Waals surface area (Å²) in [4.78, 5) is 23.6. The summed E-state index contributed by atoms with van der Waals surface area (Å²) in [6.45, 7) is 0. The average Bonchev–Trinajstić information content (AvgIpc) is 3.09. The largest absolute Gasteiger partial charge is 0.323 e. The highest BCUT2D eigenvalue weighted by Gasteiger charge is 2.48. The smallest absolute Gasteiger partial charge is 0.322 e. The number of nitrogens with one attached hydrogen (secondary N) is 3. The first-order valence-corrected chi connectivity index (χ1v) is 9.66. The van der Waals surface area contributed by atoms with Gasteiger partial charge in [-0.3, -0.25) is 10.1 Å². The molecule has 1 aromatic carbocycles. The van der Waals surface area contributed by atoms with Gasteiger partial charge in [-0.1, -0.05) is 18.2 Å². The Hall–Kier alpha value is -1.88. The molecule has 5 rings (SSSR count). The van der Waals surface area contributed by atoms with Crippen molar-refractivity contribution in [3.63, 3.8) is 0 Å². The van der Waals surface area contributed by atoms with Gasteiger partial charge in [0.25, 0.3) is 5.91 Å². The van der Waals surface area contributed by atoms with Crippen LogP contribution in [0.1, 0.15) is 73.6 Å². The van der Waals surface area contributed by atoms with E-state index in [9.17, 15) is 9.59 Å². The van der Waals surface area contributed by atoms with Gasteiger partial charge < -0.3 is 10.6 Å². The van der Waals surface area contributed by atoms with E-state index in [2.05, 4.69) is 34.1 Å². The lowest BCUT2D eigenvalue weighted by molar-refractivity contribution is -0.125. The molecule has 2 fully saturated rings. The minimum absolute atomic E-state index is 0.141. The van der Waals surface area contributed by atoms with Crippen molar-refractivity contribution in [2.75, 3.05) is 0 Å². The zero-order valence-electron chi connectivity index (χ0n) is 14.4. The Morgan fingerprint density at radius 3 is 2.72 bits per heavy atom. The van der Waals surface area contributed by atoms with Gasteiger partial charge in [0.1, 0.15) is 5.54 Å². The number of rotatable bonds is 2. The molecule has 1 heterocycles. The van der Waals surface area contributed by atoms with Crippen LogP contribution in [0.15, 0.2) is 18.2 Å². The Kier molecular flexibility index (Phi) is 3.42. The fourth-order valence-electron chi connectivity index (χ4n) is 5.58. The molecule has 0 bridgehead atoms. The molecular formula is C20H25N3O2. The van der Waals surface area contributed by atoms with Crippen molar-refractivity contribution in [1.29, 1.82) is 0 Å². The number of imide groups is 1. The van der Waals surface area contributed by atoms with E-state index in [1.54, 1.807) is 11.1 Å². The molecule has 4 aliphatic rings. The molecule has 132 valence electrons. The van der Waals surface area contributed by atoms with Crippen LogP contribution in [0.5, 0.6) is 0 Å². The quantitative estimate of drug-likeness (QED) is 0.726. The highest BCUT2D eigenvalue weighted by atomic mass is 16.2. The summed E-state index contributed by atoms with van der Waals surface area (Å²) in [5, 5.41) is 9.13. The topological polar surface area (TPSA) is 70.2 Å². The molecule has 1 aromatic rings. The molecule has 1 saturated carbocycles. The third-order valence-electron chi connectivity index (χ3n) is 6.82. The standard InChI is InChI=1S/C20H25N3O2/c24-18-20(23-19(25)22-18)9-7-14(8-10-20)21-16-11-13-5-1-3-12-4-2-6-15(16)17(12)13/h2,4,6,13-14,16,21H,1,3,5,7-11H2,(H2,22,23,24,25)/t13-,14?,16+,20?/m0/s1. The van der Waals surface area contributed by atoms with Crippen LogP contribution < -0.4 is 16.0 Å². The number of amides is 3. The number of aryl methyl sites for hydroxylation is 1. The van der Waals surface area contributed by atoms with E-state index in [1.807, 2.05) is 0 Å². The second kappa shape index (κ2) is 5.56. The van der Waals surface area contributed by atoms with Gasteiger partial charge in [0, 0.05) is 12.1 Å². The van der Waals surface area contributed by atoms with Gasteiger partial charge in [-0.15, -0.1) is 0 Å². The van der Waals surface area contributed by atoms with Crippen LogP contribution in [0.25, 0.3) is 0 Å². The number of urea groups is 1. The first-order valence-electron chi connectivity index (χ1n) is 9.66. The maximum Gasteiger partial charge on any atom is 0.322 e. The van der Waals surface area contributed by atoms with E-state index >= 15 is 0 Å². The van der Waals surface area contributed by atoms with Gasteiger partial charge in [0.05, 0.1) is 0 Å². The number of carbonyl (C=O) groups is 2. The molecule has 0 radical (unpaired) electrons. The van der Waals surface area contributed by atoms with Crippen LogP contribution in [-0.2, 0) is 11.2 Å². The van der Waals surface area contributed by atoms with Crippen LogP contribution >= 0.6 is 0 Å². The van der Waals surface area contributed by atoms with Crippen molar-refractivity contribution >= 4 is 11.9 Å². The minimum Gasteiger partial charge on any atom is -0.323 e. The molecule has 25 heavy (non-hydrogen) atoms. The molecule has 1 spiro atoms. The molecular weight excluding hydrogens is 314 g/mol. The van der Waals surface area contributed by atoms with Crippen molar-refractivity contribution < 1.29 is 9.59 Å². The predicted octanol–water partition coefficient (Wildman–Crippen LogP) is 2.66. The Balaban J connectivity index is 1.28. The monoisotopic (exact) mass is 339 g/mol. The number of carbonyl (C=O) groups excluding carboxylic acids is 2. The third-order valence-corrected chi connectivity index (χ3v) is 6.82. The van der Waals surface area contributed by atoms with Gasteiger partial charge in [-0.25, -0.2) is 4.79 Å². The number of benzene rings is 1. The van der Waals surface area contributed by atoms with E-state index in [0.717, 1.165) is 31.6 Å². The summed E-state index contributed by atoms with van der Waals surface area (Å²) in [7, 11) is 0. The Bertz CT molecular complexity index is 736. The molecule has 2 atom stereocenters. The first-order chi connectivity index (χ1) is 12.1. The van der Waals surface area contributed by atoms with Crippen LogP contribution in [-0.4, -0.2) is 23.5 Å². The fraction of sp³-hybridized carbons (Fsp3) is 0.600. The van der Waals surface area contributed by atoms with E-state index < -0.39 is 5.54 Å². The van der Waals surface area contributed by atoms with Gasteiger partial charge in [0.2, 0.25) is 0 Å². The molecule has 3 N–H and O–H groups in total. The van der Waals surface area contributed by atoms with Crippen molar-refractivity contribution in [3.05, 3.63) is 34.9 Å². The highest BCUT2D eigenvalue weighted by Crippen LogP contribution is 2.48. The molecule has 3 amide bonds. The predicted molar refractivity (Wildman–Crippen MR) is 94.3 cm³/mol. The highest BCUT2D eigenvalue weighted by molar-refractivity contribution is 6.07. The van der Waals surface area contributed by atoms with E-state index in [-0.39, 0.29) is 11.9 Å². The lowest BCUT2D eigenvalue weighted by Gasteiger charge is -2.36. The maximum absolute atomic E-state index is 12.1. The molecule has 1 aliphatic heterocycles. The Morgan fingerprint density at radius 2 is 1.96 bits per heavy atom. The van der Waals surface area contributed by atoms with Gasteiger partial charge >= 0.3 is 6.03 Å². The van der Waals surface area contributed by atoms with Crippen LogP contribution in [0.4, 0.5) is 4.79 Å². The summed E-state index contributed by atoms with van der Waals surface area (Å²) < 4.78 is 0. The SMILES string of the molecule is O=C1NC(=O)C2(CCC(N[C@@H]3C[C@@H]4CCCc5cccc3c54)CC2)N1. The van der Waals surface area contributed by atoms with E-state index in [0.29, 0.717) is 12.1 Å². The lowest BCUT2D eigenvalue weighted by Crippen LogP contribution is -2.52. The van der Waals surface area contributed by atoms with Crippen molar-refractivity contribution in [3.8, 4) is 0 Å². The second-order valence-electron chi connectivity index (χ2n) is 8.23. The summed E-state index contributed by atoms with van der Waals surface area (Å²) in [6.07, 6.45) is 8.40. The Labute approximate surface area is 147 Å². The molecule has 5 nitrogen and oxygen atoms in total. The second-order valence-corrected chi connectivity index (χ2v) is 8.23. The third kappa shape index (κ3) is 2.40. The maximum atomic E-state index is 12.1. The minimum atomic E-state index is -0.651. The first kappa shape index (κ1) is 15.4. The summed E-state index contributed by atoms with van der Waals surface area (Å²) in [6, 6.07) is 7.36. The lowest BCUT2D eigenvalue weighted by atomic mass is 9.79. The molecule has 3 aliphatic carbocycles. The van der Waals surface area contributed by atoms with Crippen LogP contribution in [0.3, 0.4) is 0 Å². The van der Waals surface area contributed by atoms with Crippen molar-refractivity contribution in [1.82, 2.24) is 16.0 Å². The fourth-order valence-corrected chi connectivity index (χ4v) is 5.58.